The summed E-state index contributed by atoms with van der Waals surface area (Å²) < 4.78 is 38.1. The molecule has 0 saturated carbocycles. The summed E-state index contributed by atoms with van der Waals surface area (Å²) in [6, 6.07) is 3.94. The highest BCUT2D eigenvalue weighted by atomic mass is 19.4. The van der Waals surface area contributed by atoms with Crippen LogP contribution in [0, 0.1) is 5.41 Å². The lowest BCUT2D eigenvalue weighted by molar-refractivity contribution is -0.136. The summed E-state index contributed by atoms with van der Waals surface area (Å²) in [4.78, 5) is 0. The summed E-state index contributed by atoms with van der Waals surface area (Å²) in [7, 11) is 0. The highest BCUT2D eigenvalue weighted by Gasteiger charge is 2.33. The molecule has 0 aromatic heterocycles. The summed E-state index contributed by atoms with van der Waals surface area (Å²) in [6.45, 7) is 8.00. The van der Waals surface area contributed by atoms with Crippen molar-refractivity contribution in [2.24, 2.45) is 5.41 Å². The SMILES string of the molecule is CC(Nc1ccc(N)c(C(F)(F)F)c1)C(C)(C)C. The van der Waals surface area contributed by atoms with Crippen molar-refractivity contribution in [1.82, 2.24) is 0 Å². The molecule has 0 amide bonds. The zero-order chi connectivity index (χ0) is 14.1. The Balaban J connectivity index is 3.00. The Morgan fingerprint density at radius 1 is 1.17 bits per heavy atom. The predicted molar refractivity (Wildman–Crippen MR) is 68.4 cm³/mol. The Kier molecular flexibility index (Phi) is 3.84. The van der Waals surface area contributed by atoms with Gasteiger partial charge in [-0.2, -0.15) is 13.2 Å². The molecule has 0 heterocycles. The third-order valence-electron chi connectivity index (χ3n) is 3.04. The molecule has 0 saturated heterocycles. The van der Waals surface area contributed by atoms with Crippen LogP contribution >= 0.6 is 0 Å². The molecule has 1 aromatic carbocycles. The molecule has 0 aliphatic rings. The Hall–Kier alpha value is -1.39. The van der Waals surface area contributed by atoms with E-state index in [1.807, 2.05) is 27.7 Å². The Morgan fingerprint density at radius 3 is 2.17 bits per heavy atom. The number of alkyl halides is 3. The van der Waals surface area contributed by atoms with Gasteiger partial charge in [-0.3, -0.25) is 0 Å². The van der Waals surface area contributed by atoms with Gasteiger partial charge in [-0.05, 0) is 30.5 Å². The van der Waals surface area contributed by atoms with Gasteiger partial charge in [0.1, 0.15) is 0 Å². The fraction of sp³-hybridized carbons (Fsp3) is 0.538. The maximum absolute atomic E-state index is 12.7. The van der Waals surface area contributed by atoms with Crippen molar-refractivity contribution in [1.29, 1.82) is 0 Å². The molecule has 18 heavy (non-hydrogen) atoms. The summed E-state index contributed by atoms with van der Waals surface area (Å²) >= 11 is 0. The number of halogens is 3. The van der Waals surface area contributed by atoms with Crippen LogP contribution in [0.2, 0.25) is 0 Å². The molecule has 3 N–H and O–H groups in total. The molecule has 0 spiro atoms. The Labute approximate surface area is 105 Å². The van der Waals surface area contributed by atoms with E-state index in [0.29, 0.717) is 5.69 Å². The summed E-state index contributed by atoms with van der Waals surface area (Å²) in [5.74, 6) is 0. The second kappa shape index (κ2) is 4.71. The molecule has 5 heteroatoms. The third-order valence-corrected chi connectivity index (χ3v) is 3.04. The van der Waals surface area contributed by atoms with E-state index < -0.39 is 11.7 Å². The minimum atomic E-state index is -4.42. The van der Waals surface area contributed by atoms with Crippen molar-refractivity contribution < 1.29 is 13.2 Å². The number of nitrogens with two attached hydrogens (primary N) is 1. The first-order valence-electron chi connectivity index (χ1n) is 5.75. The number of nitrogens with one attached hydrogen (secondary N) is 1. The van der Waals surface area contributed by atoms with Gasteiger partial charge in [0.05, 0.1) is 5.56 Å². The van der Waals surface area contributed by atoms with E-state index in [0.717, 1.165) is 6.07 Å². The molecule has 1 atom stereocenters. The van der Waals surface area contributed by atoms with Gasteiger partial charge in [0, 0.05) is 17.4 Å². The topological polar surface area (TPSA) is 38.0 Å². The van der Waals surface area contributed by atoms with Crippen LogP contribution in [0.15, 0.2) is 18.2 Å². The van der Waals surface area contributed by atoms with Gasteiger partial charge >= 0.3 is 6.18 Å². The van der Waals surface area contributed by atoms with Crippen LogP contribution in [-0.4, -0.2) is 6.04 Å². The van der Waals surface area contributed by atoms with Gasteiger partial charge < -0.3 is 11.1 Å². The van der Waals surface area contributed by atoms with Crippen LogP contribution in [0.5, 0.6) is 0 Å². The highest BCUT2D eigenvalue weighted by Crippen LogP contribution is 2.35. The molecule has 0 aliphatic carbocycles. The number of hydrogen-bond acceptors (Lipinski definition) is 2. The lowest BCUT2D eigenvalue weighted by atomic mass is 9.88. The van der Waals surface area contributed by atoms with E-state index in [1.165, 1.54) is 6.07 Å². The van der Waals surface area contributed by atoms with Crippen molar-refractivity contribution >= 4 is 11.4 Å². The monoisotopic (exact) mass is 260 g/mol. The summed E-state index contributed by atoms with van der Waals surface area (Å²) in [5, 5.41) is 3.07. The van der Waals surface area contributed by atoms with E-state index in [9.17, 15) is 13.2 Å². The van der Waals surface area contributed by atoms with Crippen LogP contribution in [-0.2, 0) is 6.18 Å². The second-order valence-corrected chi connectivity index (χ2v) is 5.53. The largest absolute Gasteiger partial charge is 0.418 e. The minimum Gasteiger partial charge on any atom is -0.398 e. The van der Waals surface area contributed by atoms with Crippen molar-refractivity contribution in [2.45, 2.75) is 39.9 Å². The average Bonchev–Trinajstić information content (AvgIpc) is 2.17. The number of hydrogen-bond donors (Lipinski definition) is 2. The third kappa shape index (κ3) is 3.55. The van der Waals surface area contributed by atoms with Crippen LogP contribution in [0.25, 0.3) is 0 Å². The van der Waals surface area contributed by atoms with Crippen LogP contribution < -0.4 is 11.1 Å². The number of anilines is 2. The first-order chi connectivity index (χ1) is 8.01. The van der Waals surface area contributed by atoms with E-state index in [2.05, 4.69) is 5.32 Å². The number of rotatable bonds is 2. The molecule has 102 valence electrons. The van der Waals surface area contributed by atoms with Crippen LogP contribution in [0.4, 0.5) is 24.5 Å². The first-order valence-corrected chi connectivity index (χ1v) is 5.75. The van der Waals surface area contributed by atoms with Gasteiger partial charge in [0.25, 0.3) is 0 Å². The van der Waals surface area contributed by atoms with E-state index >= 15 is 0 Å². The van der Waals surface area contributed by atoms with Crippen LogP contribution in [0.3, 0.4) is 0 Å². The molecule has 1 rings (SSSR count). The summed E-state index contributed by atoms with van der Waals surface area (Å²) in [5.41, 5.74) is 4.68. The van der Waals surface area contributed by atoms with E-state index in [1.54, 1.807) is 6.07 Å². The predicted octanol–water partition coefficient (Wildman–Crippen LogP) is 4.13. The second-order valence-electron chi connectivity index (χ2n) is 5.53. The van der Waals surface area contributed by atoms with Crippen molar-refractivity contribution in [2.75, 3.05) is 11.1 Å². The smallest absolute Gasteiger partial charge is 0.398 e. The fourth-order valence-corrected chi connectivity index (χ4v) is 1.36. The van der Waals surface area contributed by atoms with Gasteiger partial charge in [0.2, 0.25) is 0 Å². The zero-order valence-corrected chi connectivity index (χ0v) is 11.0. The normalized spacial score (nSPS) is 14.4. The van der Waals surface area contributed by atoms with E-state index in [-0.39, 0.29) is 17.1 Å². The fourth-order valence-electron chi connectivity index (χ4n) is 1.36. The highest BCUT2D eigenvalue weighted by molar-refractivity contribution is 5.58. The summed E-state index contributed by atoms with van der Waals surface area (Å²) in [6.07, 6.45) is -4.42. The quantitative estimate of drug-likeness (QED) is 0.784. The minimum absolute atomic E-state index is 0.0419. The van der Waals surface area contributed by atoms with Crippen molar-refractivity contribution in [3.63, 3.8) is 0 Å². The zero-order valence-electron chi connectivity index (χ0n) is 11.0. The molecule has 0 bridgehead atoms. The molecule has 0 aliphatic heterocycles. The van der Waals surface area contributed by atoms with Crippen molar-refractivity contribution in [3.05, 3.63) is 23.8 Å². The van der Waals surface area contributed by atoms with Crippen LogP contribution in [0.1, 0.15) is 33.3 Å². The number of benzene rings is 1. The molecule has 0 radical (unpaired) electrons. The molecule has 0 fully saturated rings. The Morgan fingerprint density at radius 2 is 1.72 bits per heavy atom. The molecular weight excluding hydrogens is 241 g/mol. The Bertz CT molecular complexity index is 419. The van der Waals surface area contributed by atoms with Gasteiger partial charge in [-0.25, -0.2) is 0 Å². The molecular formula is C13H19F3N2. The lowest BCUT2D eigenvalue weighted by Crippen LogP contribution is -2.30. The maximum atomic E-state index is 12.7. The standard InChI is InChI=1S/C13H19F3N2/c1-8(12(2,3)4)18-9-5-6-11(17)10(7-9)13(14,15)16/h5-8,18H,17H2,1-4H3. The van der Waals surface area contributed by atoms with Gasteiger partial charge in [-0.1, -0.05) is 20.8 Å². The van der Waals surface area contributed by atoms with Crippen molar-refractivity contribution in [3.8, 4) is 0 Å². The number of nitrogen functional groups attached to an aromatic ring is 1. The van der Waals surface area contributed by atoms with E-state index in [4.69, 9.17) is 5.73 Å². The molecule has 1 unspecified atom stereocenters. The molecule has 2 nitrogen and oxygen atoms in total. The van der Waals surface area contributed by atoms with Gasteiger partial charge in [-0.15, -0.1) is 0 Å². The first kappa shape index (κ1) is 14.7. The molecule has 1 aromatic rings. The maximum Gasteiger partial charge on any atom is 0.418 e. The van der Waals surface area contributed by atoms with Gasteiger partial charge in [0.15, 0.2) is 0 Å². The lowest BCUT2D eigenvalue weighted by Gasteiger charge is -2.29. The average molecular weight is 260 g/mol.